The Morgan fingerprint density at radius 2 is 2.04 bits per heavy atom. The molecule has 1 N–H and O–H groups in total. The predicted molar refractivity (Wildman–Crippen MR) is 111 cm³/mol. The number of nitrogens with zero attached hydrogens (tertiary/aromatic N) is 3. The number of para-hydroxylation sites is 1. The van der Waals surface area contributed by atoms with E-state index in [0.717, 1.165) is 54.3 Å². The summed E-state index contributed by atoms with van der Waals surface area (Å²) in [6, 6.07) is 12.3. The van der Waals surface area contributed by atoms with Crippen LogP contribution in [0.15, 0.2) is 36.4 Å². The van der Waals surface area contributed by atoms with E-state index < -0.39 is 0 Å². The van der Waals surface area contributed by atoms with Crippen LogP contribution in [0, 0.1) is 0 Å². The molecule has 0 fully saturated rings. The Balaban J connectivity index is 1.84. The first-order valence-electron chi connectivity index (χ1n) is 9.07. The third kappa shape index (κ3) is 3.01. The molecule has 4 rings (SSSR count). The van der Waals surface area contributed by atoms with Gasteiger partial charge in [-0.15, -0.1) is 0 Å². The normalized spacial score (nSPS) is 15.2. The lowest BCUT2D eigenvalue weighted by molar-refractivity contribution is 0.604. The van der Waals surface area contributed by atoms with Crippen LogP contribution in [-0.2, 0) is 6.54 Å². The van der Waals surface area contributed by atoms with Crippen molar-refractivity contribution in [3.8, 4) is 0 Å². The van der Waals surface area contributed by atoms with Crippen molar-refractivity contribution in [1.29, 1.82) is 0 Å². The zero-order valence-corrected chi connectivity index (χ0v) is 16.5. The fraction of sp³-hybridized carbons (Fsp3) is 0.350. The summed E-state index contributed by atoms with van der Waals surface area (Å²) in [6.07, 6.45) is 2.11. The molecule has 26 heavy (non-hydrogen) atoms. The SMILES string of the molecule is CCC(C)Nc1cccc2nc3n(c12)CCCN3c1ccc(Cl)cc1Cl. The number of hydrogen-bond donors (Lipinski definition) is 1. The zero-order chi connectivity index (χ0) is 18.3. The van der Waals surface area contributed by atoms with Gasteiger partial charge in [-0.1, -0.05) is 36.2 Å². The molecule has 3 aromatic rings. The Labute approximate surface area is 163 Å². The van der Waals surface area contributed by atoms with Crippen LogP contribution in [0.2, 0.25) is 10.0 Å². The molecule has 1 aliphatic heterocycles. The van der Waals surface area contributed by atoms with Gasteiger partial charge in [0.1, 0.15) is 0 Å². The maximum absolute atomic E-state index is 6.47. The molecule has 4 nitrogen and oxygen atoms in total. The topological polar surface area (TPSA) is 33.1 Å². The molecule has 0 radical (unpaired) electrons. The van der Waals surface area contributed by atoms with Crippen LogP contribution in [-0.4, -0.2) is 22.1 Å². The van der Waals surface area contributed by atoms with Gasteiger partial charge in [-0.2, -0.15) is 0 Å². The first-order chi connectivity index (χ1) is 12.6. The number of fused-ring (bicyclic) bond motifs is 3. The minimum Gasteiger partial charge on any atom is -0.381 e. The molecule has 0 saturated carbocycles. The number of rotatable bonds is 4. The van der Waals surface area contributed by atoms with Crippen molar-refractivity contribution in [2.45, 2.75) is 39.3 Å². The summed E-state index contributed by atoms with van der Waals surface area (Å²) in [5.41, 5.74) is 4.26. The molecule has 6 heteroatoms. The van der Waals surface area contributed by atoms with Crippen LogP contribution < -0.4 is 10.2 Å². The van der Waals surface area contributed by atoms with E-state index in [0.29, 0.717) is 16.1 Å². The van der Waals surface area contributed by atoms with E-state index in [1.54, 1.807) is 6.07 Å². The number of nitrogens with one attached hydrogen (secondary N) is 1. The Bertz CT molecular complexity index is 950. The van der Waals surface area contributed by atoms with Crippen LogP contribution in [0.5, 0.6) is 0 Å². The molecule has 2 aromatic carbocycles. The quantitative estimate of drug-likeness (QED) is 0.586. The molecule has 1 atom stereocenters. The molecule has 0 saturated heterocycles. The standard InChI is InChI=1S/C20H22Cl2N4/c1-3-13(2)23-16-6-4-7-17-19(16)26-11-5-10-25(20(26)24-17)18-9-8-14(21)12-15(18)22/h4,6-9,12-13,23H,3,5,10-11H2,1-2H3. The third-order valence-corrected chi connectivity index (χ3v) is 5.50. The summed E-state index contributed by atoms with van der Waals surface area (Å²) < 4.78 is 2.30. The number of aromatic nitrogens is 2. The molecule has 136 valence electrons. The van der Waals surface area contributed by atoms with Gasteiger partial charge in [0, 0.05) is 24.2 Å². The lowest BCUT2D eigenvalue weighted by Gasteiger charge is -2.30. The summed E-state index contributed by atoms with van der Waals surface area (Å²) >= 11 is 12.5. The Hall–Kier alpha value is -1.91. The van der Waals surface area contributed by atoms with Crippen molar-refractivity contribution < 1.29 is 0 Å². The average Bonchev–Trinajstić information content (AvgIpc) is 3.01. The molecule has 0 spiro atoms. The van der Waals surface area contributed by atoms with Crippen molar-refractivity contribution in [2.24, 2.45) is 0 Å². The zero-order valence-electron chi connectivity index (χ0n) is 15.0. The molecule has 1 aliphatic rings. The van der Waals surface area contributed by atoms with Crippen LogP contribution in [0.3, 0.4) is 0 Å². The van der Waals surface area contributed by atoms with Crippen LogP contribution in [0.1, 0.15) is 26.7 Å². The van der Waals surface area contributed by atoms with Crippen molar-refractivity contribution >= 4 is 51.6 Å². The molecule has 0 aliphatic carbocycles. The molecular formula is C20H22Cl2N4. The van der Waals surface area contributed by atoms with Crippen LogP contribution in [0.25, 0.3) is 11.0 Å². The first-order valence-corrected chi connectivity index (χ1v) is 9.82. The van der Waals surface area contributed by atoms with E-state index >= 15 is 0 Å². The lowest BCUT2D eigenvalue weighted by atomic mass is 10.2. The second kappa shape index (κ2) is 7.01. The van der Waals surface area contributed by atoms with Crippen molar-refractivity contribution in [3.05, 3.63) is 46.4 Å². The minimum atomic E-state index is 0.414. The fourth-order valence-corrected chi connectivity index (χ4v) is 4.00. The lowest BCUT2D eigenvalue weighted by Crippen LogP contribution is -2.28. The van der Waals surface area contributed by atoms with Gasteiger partial charge >= 0.3 is 0 Å². The number of imidazole rings is 1. The van der Waals surface area contributed by atoms with Crippen molar-refractivity contribution in [1.82, 2.24) is 9.55 Å². The average molecular weight is 389 g/mol. The molecule has 2 heterocycles. The van der Waals surface area contributed by atoms with Crippen LogP contribution in [0.4, 0.5) is 17.3 Å². The highest BCUT2D eigenvalue weighted by Crippen LogP contribution is 2.38. The van der Waals surface area contributed by atoms with Gasteiger partial charge in [0.2, 0.25) is 5.95 Å². The maximum Gasteiger partial charge on any atom is 0.211 e. The molecule has 0 amide bonds. The minimum absolute atomic E-state index is 0.414. The Morgan fingerprint density at radius 3 is 2.81 bits per heavy atom. The fourth-order valence-electron chi connectivity index (χ4n) is 3.49. The predicted octanol–water partition coefficient (Wildman–Crippen LogP) is 6.10. The maximum atomic E-state index is 6.47. The monoisotopic (exact) mass is 388 g/mol. The summed E-state index contributed by atoms with van der Waals surface area (Å²) in [6.45, 7) is 6.23. The molecule has 1 aromatic heterocycles. The second-order valence-electron chi connectivity index (χ2n) is 6.79. The van der Waals surface area contributed by atoms with Gasteiger partial charge in [0.25, 0.3) is 0 Å². The Morgan fingerprint density at radius 1 is 1.19 bits per heavy atom. The number of anilines is 3. The van der Waals surface area contributed by atoms with Crippen molar-refractivity contribution in [3.63, 3.8) is 0 Å². The summed E-state index contributed by atoms with van der Waals surface area (Å²) in [5, 5.41) is 4.91. The number of halogens is 2. The smallest absolute Gasteiger partial charge is 0.211 e. The number of aryl methyl sites for hydroxylation is 1. The molecular weight excluding hydrogens is 367 g/mol. The van der Waals surface area contributed by atoms with Gasteiger partial charge < -0.3 is 14.8 Å². The Kier molecular flexibility index (Phi) is 4.72. The molecule has 0 bridgehead atoms. The first kappa shape index (κ1) is 17.5. The highest BCUT2D eigenvalue weighted by atomic mass is 35.5. The van der Waals surface area contributed by atoms with E-state index in [4.69, 9.17) is 28.2 Å². The van der Waals surface area contributed by atoms with E-state index in [-0.39, 0.29) is 0 Å². The summed E-state index contributed by atoms with van der Waals surface area (Å²) in [7, 11) is 0. The molecule has 1 unspecified atom stereocenters. The third-order valence-electron chi connectivity index (χ3n) is 4.97. The van der Waals surface area contributed by atoms with Gasteiger partial charge in [0.05, 0.1) is 27.4 Å². The van der Waals surface area contributed by atoms with Gasteiger partial charge in [0.15, 0.2) is 0 Å². The largest absolute Gasteiger partial charge is 0.381 e. The summed E-state index contributed by atoms with van der Waals surface area (Å²) in [5.74, 6) is 0.939. The van der Waals surface area contributed by atoms with E-state index in [1.807, 2.05) is 12.1 Å². The van der Waals surface area contributed by atoms with Gasteiger partial charge in [-0.3, -0.25) is 0 Å². The van der Waals surface area contributed by atoms with E-state index in [9.17, 15) is 0 Å². The van der Waals surface area contributed by atoms with Gasteiger partial charge in [-0.05, 0) is 50.1 Å². The highest BCUT2D eigenvalue weighted by Gasteiger charge is 2.25. The van der Waals surface area contributed by atoms with Gasteiger partial charge in [-0.25, -0.2) is 4.98 Å². The van der Waals surface area contributed by atoms with E-state index in [2.05, 4.69) is 46.8 Å². The van der Waals surface area contributed by atoms with Crippen LogP contribution >= 0.6 is 23.2 Å². The second-order valence-corrected chi connectivity index (χ2v) is 7.63. The highest BCUT2D eigenvalue weighted by molar-refractivity contribution is 6.36. The van der Waals surface area contributed by atoms with Crippen molar-refractivity contribution in [2.75, 3.05) is 16.8 Å². The van der Waals surface area contributed by atoms with E-state index in [1.165, 1.54) is 0 Å². The summed E-state index contributed by atoms with van der Waals surface area (Å²) in [4.78, 5) is 7.12. The number of hydrogen-bond acceptors (Lipinski definition) is 3. The number of benzene rings is 2.